The van der Waals surface area contributed by atoms with Crippen LogP contribution >= 0.6 is 11.6 Å². The largest absolute Gasteiger partial charge is 0.369 e. The van der Waals surface area contributed by atoms with Gasteiger partial charge in [-0.1, -0.05) is 42.4 Å². The molecule has 2 aromatic heterocycles. The molecule has 0 unspecified atom stereocenters. The SMILES string of the molecule is C=CC(=O)N1CCCc2ccc(-c3c(-c4ccc(N5CCN(C)CC5)cc4)[nH]c4nccc(Cl)c34)cc21. The number of anilines is 2. The van der Waals surface area contributed by atoms with E-state index in [1.165, 1.54) is 17.3 Å². The number of benzene rings is 2. The number of pyridine rings is 1. The van der Waals surface area contributed by atoms with Crippen LogP contribution in [0.4, 0.5) is 11.4 Å². The van der Waals surface area contributed by atoms with E-state index in [-0.39, 0.29) is 5.91 Å². The standard InChI is InChI=1S/C30H30ClN5O/c1-3-26(37)36-14-4-5-20-6-7-22(19-25(20)36)27-28-24(31)12-13-32-30(28)33-29(27)21-8-10-23(11-9-21)35-17-15-34(2)16-18-35/h3,6-13,19H,1,4-5,14-18H2,2H3,(H,32,33). The number of piperazine rings is 1. The van der Waals surface area contributed by atoms with Crippen LogP contribution < -0.4 is 9.80 Å². The lowest BCUT2D eigenvalue weighted by Crippen LogP contribution is -2.44. The fraction of sp³-hybridized carbons (Fsp3) is 0.267. The zero-order valence-corrected chi connectivity index (χ0v) is 21.8. The van der Waals surface area contributed by atoms with E-state index in [1.54, 1.807) is 6.20 Å². The van der Waals surface area contributed by atoms with Gasteiger partial charge in [0.15, 0.2) is 0 Å². The van der Waals surface area contributed by atoms with E-state index in [0.29, 0.717) is 11.6 Å². The Morgan fingerprint density at radius 1 is 1.03 bits per heavy atom. The quantitative estimate of drug-likeness (QED) is 0.353. The molecular formula is C30H30ClN5O. The van der Waals surface area contributed by atoms with Gasteiger partial charge in [-0.2, -0.15) is 0 Å². The summed E-state index contributed by atoms with van der Waals surface area (Å²) in [6.45, 7) is 8.60. The number of hydrogen-bond donors (Lipinski definition) is 1. The Kier molecular flexibility index (Phi) is 6.22. The lowest BCUT2D eigenvalue weighted by molar-refractivity contribution is -0.114. The van der Waals surface area contributed by atoms with Crippen LogP contribution in [-0.4, -0.2) is 60.5 Å². The minimum atomic E-state index is -0.0727. The number of nitrogens with one attached hydrogen (secondary N) is 1. The van der Waals surface area contributed by atoms with E-state index < -0.39 is 0 Å². The molecule has 0 bridgehead atoms. The van der Waals surface area contributed by atoms with Gasteiger partial charge >= 0.3 is 0 Å². The van der Waals surface area contributed by atoms with Crippen LogP contribution in [0.25, 0.3) is 33.4 Å². The number of fused-ring (bicyclic) bond motifs is 2. The molecule has 4 aromatic rings. The third-order valence-electron chi connectivity index (χ3n) is 7.60. The Morgan fingerprint density at radius 2 is 1.78 bits per heavy atom. The zero-order valence-electron chi connectivity index (χ0n) is 21.0. The first-order chi connectivity index (χ1) is 18.0. The second kappa shape index (κ2) is 9.69. The zero-order chi connectivity index (χ0) is 25.5. The number of carbonyl (C=O) groups is 1. The van der Waals surface area contributed by atoms with Crippen molar-refractivity contribution in [3.63, 3.8) is 0 Å². The lowest BCUT2D eigenvalue weighted by Gasteiger charge is -2.34. The fourth-order valence-electron chi connectivity index (χ4n) is 5.55. The first-order valence-corrected chi connectivity index (χ1v) is 13.2. The molecule has 0 radical (unpaired) electrons. The molecule has 2 aliphatic heterocycles. The monoisotopic (exact) mass is 511 g/mol. The average molecular weight is 512 g/mol. The summed E-state index contributed by atoms with van der Waals surface area (Å²) in [6.07, 6.45) is 5.01. The van der Waals surface area contributed by atoms with Crippen molar-refractivity contribution in [1.82, 2.24) is 14.9 Å². The molecule has 0 saturated carbocycles. The topological polar surface area (TPSA) is 55.5 Å². The van der Waals surface area contributed by atoms with Gasteiger partial charge in [0.2, 0.25) is 5.91 Å². The minimum absolute atomic E-state index is 0.0727. The van der Waals surface area contributed by atoms with Gasteiger partial charge < -0.3 is 19.7 Å². The van der Waals surface area contributed by atoms with E-state index in [9.17, 15) is 4.79 Å². The summed E-state index contributed by atoms with van der Waals surface area (Å²) in [4.78, 5) is 27.4. The molecule has 0 atom stereocenters. The number of rotatable bonds is 4. The maximum Gasteiger partial charge on any atom is 0.250 e. The smallest absolute Gasteiger partial charge is 0.250 e. The van der Waals surface area contributed by atoms with Crippen molar-refractivity contribution in [2.24, 2.45) is 0 Å². The highest BCUT2D eigenvalue weighted by molar-refractivity contribution is 6.36. The Hall–Kier alpha value is -3.61. The molecule has 6 nitrogen and oxygen atoms in total. The van der Waals surface area contributed by atoms with E-state index >= 15 is 0 Å². The summed E-state index contributed by atoms with van der Waals surface area (Å²) in [5, 5.41) is 1.54. The molecule has 1 fully saturated rings. The van der Waals surface area contributed by atoms with Crippen LogP contribution in [0.5, 0.6) is 0 Å². The Balaban J connectivity index is 1.46. The number of hydrogen-bond acceptors (Lipinski definition) is 4. The Morgan fingerprint density at radius 3 is 2.54 bits per heavy atom. The summed E-state index contributed by atoms with van der Waals surface area (Å²) in [6, 6.07) is 16.9. The van der Waals surface area contributed by atoms with Crippen molar-refractivity contribution < 1.29 is 4.79 Å². The molecular weight excluding hydrogens is 482 g/mol. The molecule has 6 rings (SSSR count). The summed E-state index contributed by atoms with van der Waals surface area (Å²) in [5.74, 6) is -0.0727. The van der Waals surface area contributed by atoms with E-state index in [1.807, 2.05) is 11.0 Å². The summed E-state index contributed by atoms with van der Waals surface area (Å²) in [5.41, 5.74) is 8.14. The number of aromatic amines is 1. The number of aryl methyl sites for hydroxylation is 1. The number of nitrogens with zero attached hydrogens (tertiary/aromatic N) is 4. The van der Waals surface area contributed by atoms with Crippen LogP contribution in [0.15, 0.2) is 67.4 Å². The van der Waals surface area contributed by atoms with Crippen LogP contribution in [-0.2, 0) is 11.2 Å². The number of likely N-dealkylation sites (N-methyl/N-ethyl adjacent to an activating group) is 1. The van der Waals surface area contributed by atoms with Crippen molar-refractivity contribution in [3.05, 3.63) is 78.0 Å². The number of carbonyl (C=O) groups excluding carboxylic acids is 1. The molecule has 4 heterocycles. The van der Waals surface area contributed by atoms with Crippen molar-refractivity contribution in [1.29, 1.82) is 0 Å². The van der Waals surface area contributed by atoms with Crippen molar-refractivity contribution in [3.8, 4) is 22.4 Å². The molecule has 0 aliphatic carbocycles. The molecule has 37 heavy (non-hydrogen) atoms. The van der Waals surface area contributed by atoms with Crippen molar-refractivity contribution in [2.75, 3.05) is 49.6 Å². The van der Waals surface area contributed by atoms with E-state index in [4.69, 9.17) is 11.6 Å². The number of H-pyrrole nitrogens is 1. The van der Waals surface area contributed by atoms with Gasteiger partial charge in [-0.3, -0.25) is 4.79 Å². The third-order valence-corrected chi connectivity index (χ3v) is 7.92. The van der Waals surface area contributed by atoms with Crippen LogP contribution in [0, 0.1) is 0 Å². The minimum Gasteiger partial charge on any atom is -0.369 e. The van der Waals surface area contributed by atoms with Gasteiger partial charge in [-0.25, -0.2) is 4.98 Å². The maximum absolute atomic E-state index is 12.6. The molecule has 2 aliphatic rings. The van der Waals surface area contributed by atoms with E-state index in [0.717, 1.165) is 78.1 Å². The summed E-state index contributed by atoms with van der Waals surface area (Å²) >= 11 is 6.75. The highest BCUT2D eigenvalue weighted by Crippen LogP contribution is 2.43. The van der Waals surface area contributed by atoms with Crippen molar-refractivity contribution in [2.45, 2.75) is 12.8 Å². The Bertz CT molecular complexity index is 1480. The number of halogens is 1. The van der Waals surface area contributed by atoms with Gasteiger partial charge in [0.05, 0.1) is 10.7 Å². The van der Waals surface area contributed by atoms with Gasteiger partial charge in [0, 0.05) is 61.2 Å². The van der Waals surface area contributed by atoms with Crippen molar-refractivity contribution >= 4 is 39.9 Å². The van der Waals surface area contributed by atoms with Gasteiger partial charge in [0.1, 0.15) is 5.65 Å². The molecule has 7 heteroatoms. The second-order valence-corrected chi connectivity index (χ2v) is 10.3. The third kappa shape index (κ3) is 4.30. The molecule has 1 amide bonds. The number of aromatic nitrogens is 2. The highest BCUT2D eigenvalue weighted by Gasteiger charge is 2.24. The predicted octanol–water partition coefficient (Wildman–Crippen LogP) is 5.77. The van der Waals surface area contributed by atoms with Crippen LogP contribution in [0.2, 0.25) is 5.02 Å². The molecule has 1 saturated heterocycles. The summed E-state index contributed by atoms with van der Waals surface area (Å²) in [7, 11) is 2.17. The predicted molar refractivity (Wildman–Crippen MR) is 153 cm³/mol. The highest BCUT2D eigenvalue weighted by atomic mass is 35.5. The molecule has 188 valence electrons. The second-order valence-electron chi connectivity index (χ2n) is 9.87. The van der Waals surface area contributed by atoms with Crippen LogP contribution in [0.1, 0.15) is 12.0 Å². The lowest BCUT2D eigenvalue weighted by atomic mass is 9.94. The van der Waals surface area contributed by atoms with Crippen LogP contribution in [0.3, 0.4) is 0 Å². The molecule has 2 aromatic carbocycles. The molecule has 1 N–H and O–H groups in total. The van der Waals surface area contributed by atoms with E-state index in [2.05, 4.69) is 75.9 Å². The normalized spacial score (nSPS) is 16.2. The average Bonchev–Trinajstić information content (AvgIpc) is 3.33. The maximum atomic E-state index is 12.6. The van der Waals surface area contributed by atoms with Gasteiger partial charge in [-0.05, 0) is 66.9 Å². The summed E-state index contributed by atoms with van der Waals surface area (Å²) < 4.78 is 0. The first kappa shape index (κ1) is 23.8. The van der Waals surface area contributed by atoms with Gasteiger partial charge in [0.25, 0.3) is 0 Å². The number of amides is 1. The Labute approximate surface area is 222 Å². The first-order valence-electron chi connectivity index (χ1n) is 12.8. The van der Waals surface area contributed by atoms with Gasteiger partial charge in [-0.15, -0.1) is 0 Å². The molecule has 0 spiro atoms. The fourth-order valence-corrected chi connectivity index (χ4v) is 5.80.